The van der Waals surface area contributed by atoms with Gasteiger partial charge in [-0.3, -0.25) is 4.55 Å². The minimum Gasteiger partial charge on any atom is -0.330 e. The van der Waals surface area contributed by atoms with Gasteiger partial charge >= 0.3 is 0 Å². The predicted molar refractivity (Wildman–Crippen MR) is 65.1 cm³/mol. The third kappa shape index (κ3) is 13.8. The number of hydrogen-bond donors (Lipinski definition) is 4. The third-order valence-corrected chi connectivity index (χ3v) is 2.77. The van der Waals surface area contributed by atoms with E-state index >= 15 is 0 Å². The van der Waals surface area contributed by atoms with Gasteiger partial charge in [-0.25, -0.2) is 0 Å². The van der Waals surface area contributed by atoms with Crippen molar-refractivity contribution in [2.75, 3.05) is 38.5 Å². The average molecular weight is 253 g/mol. The van der Waals surface area contributed by atoms with Gasteiger partial charge in [0.25, 0.3) is 10.1 Å². The van der Waals surface area contributed by atoms with Gasteiger partial charge in [0.2, 0.25) is 0 Å². The maximum absolute atomic E-state index is 10.4. The number of nitrogens with one attached hydrogen (secondary N) is 2. The molecule has 0 unspecified atom stereocenters. The first-order valence-electron chi connectivity index (χ1n) is 5.63. The summed E-state index contributed by atoms with van der Waals surface area (Å²) in [6.07, 6.45) is 3.02. The van der Waals surface area contributed by atoms with E-state index in [2.05, 4.69) is 10.6 Å². The van der Waals surface area contributed by atoms with E-state index < -0.39 is 10.1 Å². The van der Waals surface area contributed by atoms with Gasteiger partial charge in [-0.2, -0.15) is 8.42 Å². The van der Waals surface area contributed by atoms with E-state index in [9.17, 15) is 8.42 Å². The SMILES string of the molecule is NCCCNCCCCNCCS(=O)(=O)O. The predicted octanol–water partition coefficient (Wildman–Crippen LogP) is -0.818. The quantitative estimate of drug-likeness (QED) is 0.283. The highest BCUT2D eigenvalue weighted by Gasteiger charge is 2.01. The summed E-state index contributed by atoms with van der Waals surface area (Å²) in [6, 6.07) is 0. The molecule has 0 aromatic heterocycles. The topological polar surface area (TPSA) is 104 Å². The first kappa shape index (κ1) is 15.8. The third-order valence-electron chi connectivity index (χ3n) is 2.05. The zero-order valence-electron chi connectivity index (χ0n) is 9.61. The summed E-state index contributed by atoms with van der Waals surface area (Å²) < 4.78 is 29.2. The molecule has 6 nitrogen and oxygen atoms in total. The molecule has 0 heterocycles. The molecule has 0 atom stereocenters. The molecule has 0 aromatic carbocycles. The van der Waals surface area contributed by atoms with Gasteiger partial charge in [0.1, 0.15) is 0 Å². The van der Waals surface area contributed by atoms with E-state index in [-0.39, 0.29) is 5.75 Å². The van der Waals surface area contributed by atoms with Crippen LogP contribution in [0.4, 0.5) is 0 Å². The van der Waals surface area contributed by atoms with Gasteiger partial charge in [0.15, 0.2) is 0 Å². The van der Waals surface area contributed by atoms with E-state index in [0.717, 1.165) is 38.9 Å². The molecule has 0 fully saturated rings. The summed E-state index contributed by atoms with van der Waals surface area (Å²) in [7, 11) is -3.82. The summed E-state index contributed by atoms with van der Waals surface area (Å²) >= 11 is 0. The van der Waals surface area contributed by atoms with E-state index in [1.807, 2.05) is 0 Å². The minimum absolute atomic E-state index is 0.220. The second kappa shape index (κ2) is 9.98. The fourth-order valence-corrected chi connectivity index (χ4v) is 1.58. The molecule has 7 heteroatoms. The van der Waals surface area contributed by atoms with Crippen LogP contribution in [0, 0.1) is 0 Å². The van der Waals surface area contributed by atoms with Crippen molar-refractivity contribution in [1.82, 2.24) is 10.6 Å². The van der Waals surface area contributed by atoms with Crippen LogP contribution in [0.3, 0.4) is 0 Å². The molecular weight excluding hydrogens is 230 g/mol. The van der Waals surface area contributed by atoms with E-state index in [4.69, 9.17) is 10.3 Å². The van der Waals surface area contributed by atoms with Crippen LogP contribution in [-0.4, -0.2) is 51.4 Å². The van der Waals surface area contributed by atoms with Crippen molar-refractivity contribution in [2.45, 2.75) is 19.3 Å². The maximum atomic E-state index is 10.4. The van der Waals surface area contributed by atoms with Crippen LogP contribution < -0.4 is 16.4 Å². The second-order valence-electron chi connectivity index (χ2n) is 3.64. The monoisotopic (exact) mass is 253 g/mol. The van der Waals surface area contributed by atoms with E-state index in [1.54, 1.807) is 0 Å². The fourth-order valence-electron chi connectivity index (χ4n) is 1.18. The Morgan fingerprint density at radius 3 is 1.94 bits per heavy atom. The first-order chi connectivity index (χ1) is 7.56. The Labute approximate surface area is 97.7 Å². The maximum Gasteiger partial charge on any atom is 0.266 e. The lowest BCUT2D eigenvalue weighted by Crippen LogP contribution is -2.24. The standard InChI is InChI=1S/C9H23N3O3S/c10-4-3-7-11-5-1-2-6-12-8-9-16(13,14)15/h11-12H,1-10H2,(H,13,14,15). The Balaban J connectivity index is 3.05. The normalized spacial score (nSPS) is 11.9. The van der Waals surface area contributed by atoms with Gasteiger partial charge in [-0.05, 0) is 45.4 Å². The molecule has 98 valence electrons. The molecule has 16 heavy (non-hydrogen) atoms. The van der Waals surface area contributed by atoms with Gasteiger partial charge in [0.05, 0.1) is 5.75 Å². The van der Waals surface area contributed by atoms with Crippen molar-refractivity contribution in [2.24, 2.45) is 5.73 Å². The molecule has 0 aliphatic carbocycles. The summed E-state index contributed by atoms with van der Waals surface area (Å²) in [4.78, 5) is 0. The Hall–Kier alpha value is -0.210. The summed E-state index contributed by atoms with van der Waals surface area (Å²) in [5.74, 6) is -0.220. The van der Waals surface area contributed by atoms with Crippen LogP contribution in [0.15, 0.2) is 0 Å². The van der Waals surface area contributed by atoms with Crippen molar-refractivity contribution < 1.29 is 13.0 Å². The molecule has 0 aliphatic rings. The zero-order valence-corrected chi connectivity index (χ0v) is 10.4. The minimum atomic E-state index is -3.82. The molecule has 0 saturated heterocycles. The Kier molecular flexibility index (Phi) is 9.85. The number of unbranched alkanes of at least 4 members (excludes halogenated alkanes) is 1. The van der Waals surface area contributed by atoms with Gasteiger partial charge in [-0.1, -0.05) is 0 Å². The molecule has 0 aliphatic heterocycles. The van der Waals surface area contributed by atoms with E-state index in [0.29, 0.717) is 13.1 Å². The molecule has 0 rings (SSSR count). The van der Waals surface area contributed by atoms with Crippen LogP contribution in [0.2, 0.25) is 0 Å². The second-order valence-corrected chi connectivity index (χ2v) is 5.21. The highest BCUT2D eigenvalue weighted by molar-refractivity contribution is 7.85. The number of nitrogens with two attached hydrogens (primary N) is 1. The Bertz CT molecular complexity index is 244. The number of hydrogen-bond acceptors (Lipinski definition) is 5. The molecular formula is C9H23N3O3S. The van der Waals surface area contributed by atoms with Crippen LogP contribution >= 0.6 is 0 Å². The molecule has 0 radical (unpaired) electrons. The molecule has 0 amide bonds. The van der Waals surface area contributed by atoms with Crippen molar-refractivity contribution >= 4 is 10.1 Å². The van der Waals surface area contributed by atoms with Crippen molar-refractivity contribution in [3.05, 3.63) is 0 Å². The van der Waals surface area contributed by atoms with Crippen molar-refractivity contribution in [3.63, 3.8) is 0 Å². The summed E-state index contributed by atoms with van der Waals surface area (Å²) in [5, 5.41) is 6.21. The lowest BCUT2D eigenvalue weighted by Gasteiger charge is -2.04. The van der Waals surface area contributed by atoms with Crippen LogP contribution in [0.5, 0.6) is 0 Å². The molecule has 0 bridgehead atoms. The van der Waals surface area contributed by atoms with Gasteiger partial charge in [-0.15, -0.1) is 0 Å². The van der Waals surface area contributed by atoms with Crippen LogP contribution in [-0.2, 0) is 10.1 Å². The molecule has 0 aromatic rings. The van der Waals surface area contributed by atoms with Gasteiger partial charge in [0, 0.05) is 6.54 Å². The van der Waals surface area contributed by atoms with Crippen molar-refractivity contribution in [3.8, 4) is 0 Å². The largest absolute Gasteiger partial charge is 0.330 e. The van der Waals surface area contributed by atoms with Crippen molar-refractivity contribution in [1.29, 1.82) is 0 Å². The smallest absolute Gasteiger partial charge is 0.266 e. The first-order valence-corrected chi connectivity index (χ1v) is 7.24. The fraction of sp³-hybridized carbons (Fsp3) is 1.00. The summed E-state index contributed by atoms with van der Waals surface area (Å²) in [6.45, 7) is 3.70. The molecule has 5 N–H and O–H groups in total. The van der Waals surface area contributed by atoms with E-state index in [1.165, 1.54) is 0 Å². The van der Waals surface area contributed by atoms with Gasteiger partial charge < -0.3 is 16.4 Å². The Morgan fingerprint density at radius 2 is 1.44 bits per heavy atom. The zero-order chi connectivity index (χ0) is 12.3. The molecule has 0 saturated carbocycles. The number of rotatable bonds is 11. The molecule has 0 spiro atoms. The lowest BCUT2D eigenvalue weighted by atomic mass is 10.3. The lowest BCUT2D eigenvalue weighted by molar-refractivity contribution is 0.480. The highest BCUT2D eigenvalue weighted by Crippen LogP contribution is 1.85. The van der Waals surface area contributed by atoms with Crippen LogP contribution in [0.1, 0.15) is 19.3 Å². The summed E-state index contributed by atoms with van der Waals surface area (Å²) in [5.41, 5.74) is 5.34. The van der Waals surface area contributed by atoms with Crippen LogP contribution in [0.25, 0.3) is 0 Å². The highest BCUT2D eigenvalue weighted by atomic mass is 32.2. The average Bonchev–Trinajstić information content (AvgIpc) is 2.19. The Morgan fingerprint density at radius 1 is 0.938 bits per heavy atom.